The number of rotatable bonds is 5. The Hall–Kier alpha value is -0.620. The number of carboxylic acid groups (broad SMARTS) is 1. The lowest BCUT2D eigenvalue weighted by molar-refractivity contribution is -0.153. The highest BCUT2D eigenvalue weighted by atomic mass is 32.2. The van der Waals surface area contributed by atoms with E-state index in [1.54, 1.807) is 0 Å². The molecule has 17 heavy (non-hydrogen) atoms. The Labute approximate surface area is 103 Å². The van der Waals surface area contributed by atoms with Crippen LogP contribution in [0.4, 0.5) is 0 Å². The fourth-order valence-electron chi connectivity index (χ4n) is 1.94. The summed E-state index contributed by atoms with van der Waals surface area (Å²) in [5.74, 6) is -0.891. The zero-order valence-corrected chi connectivity index (χ0v) is 11.4. The van der Waals surface area contributed by atoms with Crippen LogP contribution >= 0.6 is 0 Å². The van der Waals surface area contributed by atoms with Gasteiger partial charge >= 0.3 is 5.97 Å². The summed E-state index contributed by atoms with van der Waals surface area (Å²) in [6.45, 7) is 5.52. The number of carbonyl (C=O) groups is 1. The predicted octanol–water partition coefficient (Wildman–Crippen LogP) is 1.21. The van der Waals surface area contributed by atoms with Gasteiger partial charge in [-0.1, -0.05) is 27.2 Å². The zero-order chi connectivity index (χ0) is 13.3. The maximum Gasteiger partial charge on any atom is 0.310 e. The topological polar surface area (TPSA) is 83.5 Å². The normalized spacial score (nSPS) is 19.7. The summed E-state index contributed by atoms with van der Waals surface area (Å²) in [7, 11) is -3.40. The molecule has 0 radical (unpaired) electrons. The highest BCUT2D eigenvalue weighted by Gasteiger charge is 2.45. The first kappa shape index (κ1) is 14.4. The Morgan fingerprint density at radius 2 is 1.88 bits per heavy atom. The molecule has 0 unspecified atom stereocenters. The molecule has 0 aromatic rings. The molecule has 0 aromatic heterocycles. The largest absolute Gasteiger partial charge is 0.481 e. The molecule has 1 aliphatic rings. The van der Waals surface area contributed by atoms with E-state index in [4.69, 9.17) is 5.11 Å². The van der Waals surface area contributed by atoms with Gasteiger partial charge in [-0.3, -0.25) is 4.79 Å². The Morgan fingerprint density at radius 3 is 2.18 bits per heavy atom. The lowest BCUT2D eigenvalue weighted by Gasteiger charge is -2.37. The minimum atomic E-state index is -3.40. The van der Waals surface area contributed by atoms with Crippen LogP contribution in [-0.2, 0) is 14.8 Å². The molecule has 0 spiro atoms. The molecule has 1 aliphatic carbocycles. The summed E-state index contributed by atoms with van der Waals surface area (Å²) in [6, 6.07) is 0. The van der Waals surface area contributed by atoms with Gasteiger partial charge < -0.3 is 5.11 Å². The van der Waals surface area contributed by atoms with E-state index in [1.807, 2.05) is 20.8 Å². The maximum atomic E-state index is 11.8. The van der Waals surface area contributed by atoms with Crippen molar-refractivity contribution in [2.24, 2.45) is 10.8 Å². The van der Waals surface area contributed by atoms with Crippen LogP contribution in [0.2, 0.25) is 0 Å². The number of hydrogen-bond donors (Lipinski definition) is 2. The predicted molar refractivity (Wildman–Crippen MR) is 65.2 cm³/mol. The number of carboxylic acids is 1. The van der Waals surface area contributed by atoms with Crippen molar-refractivity contribution in [2.45, 2.75) is 40.0 Å². The number of nitrogens with one attached hydrogen (secondary N) is 1. The monoisotopic (exact) mass is 263 g/mol. The lowest BCUT2D eigenvalue weighted by Crippen LogP contribution is -2.48. The van der Waals surface area contributed by atoms with Crippen molar-refractivity contribution in [3.8, 4) is 0 Å². The van der Waals surface area contributed by atoms with Crippen LogP contribution in [0.1, 0.15) is 40.0 Å². The van der Waals surface area contributed by atoms with Crippen LogP contribution < -0.4 is 4.72 Å². The van der Waals surface area contributed by atoms with E-state index in [9.17, 15) is 13.2 Å². The van der Waals surface area contributed by atoms with Crippen LogP contribution in [-0.4, -0.2) is 31.8 Å². The number of sulfonamides is 1. The van der Waals surface area contributed by atoms with Crippen molar-refractivity contribution >= 4 is 16.0 Å². The lowest BCUT2D eigenvalue weighted by atomic mass is 9.69. The minimum Gasteiger partial charge on any atom is -0.481 e. The average molecular weight is 263 g/mol. The molecule has 5 nitrogen and oxygen atoms in total. The average Bonchev–Trinajstić information content (AvgIpc) is 1.95. The second-order valence-corrected chi connectivity index (χ2v) is 7.89. The third-order valence-electron chi connectivity index (χ3n) is 3.02. The Morgan fingerprint density at radius 1 is 1.35 bits per heavy atom. The van der Waals surface area contributed by atoms with E-state index >= 15 is 0 Å². The third-order valence-corrected chi connectivity index (χ3v) is 4.85. The standard InChI is InChI=1S/C11H21NO4S/c1-10(2,3)8-17(15,16)12-7-11(9(13)14)5-4-6-11/h12H,4-8H2,1-3H3,(H,13,14). The Balaban J connectivity index is 2.58. The van der Waals surface area contributed by atoms with E-state index in [-0.39, 0.29) is 17.7 Å². The van der Waals surface area contributed by atoms with Crippen LogP contribution in [0.25, 0.3) is 0 Å². The molecular formula is C11H21NO4S. The van der Waals surface area contributed by atoms with Gasteiger partial charge in [-0.15, -0.1) is 0 Å². The van der Waals surface area contributed by atoms with Gasteiger partial charge in [-0.05, 0) is 18.3 Å². The number of aliphatic carboxylic acids is 1. The first-order chi connectivity index (χ1) is 7.56. The van der Waals surface area contributed by atoms with Crippen LogP contribution in [0.15, 0.2) is 0 Å². The van der Waals surface area contributed by atoms with E-state index < -0.39 is 21.4 Å². The fraction of sp³-hybridized carbons (Fsp3) is 0.909. The van der Waals surface area contributed by atoms with Gasteiger partial charge in [0.05, 0.1) is 11.2 Å². The highest BCUT2D eigenvalue weighted by molar-refractivity contribution is 7.89. The SMILES string of the molecule is CC(C)(C)CS(=O)(=O)NCC1(C(=O)O)CCC1. The Kier molecular flexibility index (Phi) is 3.88. The Bertz CT molecular complexity index is 390. The quantitative estimate of drug-likeness (QED) is 0.781. The molecule has 0 aromatic carbocycles. The smallest absolute Gasteiger partial charge is 0.310 e. The second-order valence-electron chi connectivity index (χ2n) is 6.08. The molecule has 100 valence electrons. The highest BCUT2D eigenvalue weighted by Crippen LogP contribution is 2.40. The number of hydrogen-bond acceptors (Lipinski definition) is 3. The van der Waals surface area contributed by atoms with Gasteiger partial charge in [0.25, 0.3) is 0 Å². The molecule has 0 amide bonds. The molecule has 1 fully saturated rings. The van der Waals surface area contributed by atoms with Crippen molar-refractivity contribution < 1.29 is 18.3 Å². The van der Waals surface area contributed by atoms with Crippen LogP contribution in [0.3, 0.4) is 0 Å². The second kappa shape index (κ2) is 4.57. The molecule has 0 aliphatic heterocycles. The molecule has 1 saturated carbocycles. The van der Waals surface area contributed by atoms with E-state index in [2.05, 4.69) is 4.72 Å². The minimum absolute atomic E-state index is 0.00962. The summed E-state index contributed by atoms with van der Waals surface area (Å²) in [6.07, 6.45) is 1.97. The van der Waals surface area contributed by atoms with Crippen molar-refractivity contribution in [3.63, 3.8) is 0 Å². The van der Waals surface area contributed by atoms with Gasteiger partial charge in [-0.2, -0.15) is 0 Å². The summed E-state index contributed by atoms with van der Waals surface area (Å²) < 4.78 is 25.9. The van der Waals surface area contributed by atoms with Gasteiger partial charge in [0.1, 0.15) is 0 Å². The van der Waals surface area contributed by atoms with Crippen LogP contribution in [0, 0.1) is 10.8 Å². The summed E-state index contributed by atoms with van der Waals surface area (Å²) in [5, 5.41) is 9.08. The maximum absolute atomic E-state index is 11.8. The first-order valence-electron chi connectivity index (χ1n) is 5.77. The van der Waals surface area contributed by atoms with E-state index in [0.717, 1.165) is 6.42 Å². The molecule has 2 N–H and O–H groups in total. The molecule has 0 heterocycles. The van der Waals surface area contributed by atoms with Gasteiger partial charge in [0.2, 0.25) is 10.0 Å². The van der Waals surface area contributed by atoms with Crippen LogP contribution in [0.5, 0.6) is 0 Å². The molecular weight excluding hydrogens is 242 g/mol. The molecule has 1 rings (SSSR count). The molecule has 0 saturated heterocycles. The van der Waals surface area contributed by atoms with Gasteiger partial charge in [0, 0.05) is 6.54 Å². The van der Waals surface area contributed by atoms with Gasteiger partial charge in [0.15, 0.2) is 0 Å². The van der Waals surface area contributed by atoms with E-state index in [0.29, 0.717) is 12.8 Å². The molecule has 0 atom stereocenters. The van der Waals surface area contributed by atoms with Crippen molar-refractivity contribution in [1.29, 1.82) is 0 Å². The van der Waals surface area contributed by atoms with Gasteiger partial charge in [-0.25, -0.2) is 13.1 Å². The third kappa shape index (κ3) is 3.96. The fourth-order valence-corrected chi connectivity index (χ4v) is 3.68. The molecule has 6 heteroatoms. The summed E-state index contributed by atoms with van der Waals surface area (Å²) in [5.41, 5.74) is -1.20. The summed E-state index contributed by atoms with van der Waals surface area (Å²) >= 11 is 0. The van der Waals surface area contributed by atoms with Crippen molar-refractivity contribution in [1.82, 2.24) is 4.72 Å². The van der Waals surface area contributed by atoms with E-state index in [1.165, 1.54) is 0 Å². The first-order valence-corrected chi connectivity index (χ1v) is 7.42. The van der Waals surface area contributed by atoms with Crippen molar-refractivity contribution in [2.75, 3.05) is 12.3 Å². The summed E-state index contributed by atoms with van der Waals surface area (Å²) in [4.78, 5) is 11.1. The zero-order valence-electron chi connectivity index (χ0n) is 10.6. The molecule has 0 bridgehead atoms. The van der Waals surface area contributed by atoms with Crippen molar-refractivity contribution in [3.05, 3.63) is 0 Å².